The number of carbonyl (C=O) groups excluding carboxylic acids is 1. The number of rotatable bonds is 5. The molecular formula is C24H27F2N4OP. The van der Waals surface area contributed by atoms with Crippen LogP contribution in [-0.2, 0) is 11.1 Å². The lowest BCUT2D eigenvalue weighted by molar-refractivity contribution is 0.0927. The lowest BCUT2D eigenvalue weighted by atomic mass is 9.64. The van der Waals surface area contributed by atoms with E-state index in [0.717, 1.165) is 43.5 Å². The number of hydrogen-bond acceptors (Lipinski definition) is 3. The van der Waals surface area contributed by atoms with Crippen molar-refractivity contribution in [3.05, 3.63) is 59.0 Å². The molecule has 2 aliphatic rings. The number of nitrogens with zero attached hydrogens (tertiary/aromatic N) is 2. The summed E-state index contributed by atoms with van der Waals surface area (Å²) < 4.78 is 27.3. The maximum atomic E-state index is 13.7. The van der Waals surface area contributed by atoms with Crippen LogP contribution in [0.5, 0.6) is 0 Å². The van der Waals surface area contributed by atoms with Gasteiger partial charge in [-0.25, -0.2) is 9.97 Å². The van der Waals surface area contributed by atoms with E-state index in [9.17, 15) is 13.6 Å². The molecule has 1 unspecified atom stereocenters. The van der Waals surface area contributed by atoms with E-state index in [-0.39, 0.29) is 22.9 Å². The van der Waals surface area contributed by atoms with Crippen LogP contribution in [0, 0.1) is 0 Å². The number of aromatic nitrogens is 3. The van der Waals surface area contributed by atoms with Gasteiger partial charge in [0.2, 0.25) is 0 Å². The smallest absolute Gasteiger partial charge is 0.285 e. The van der Waals surface area contributed by atoms with E-state index in [1.54, 1.807) is 9.24 Å². The Kier molecular flexibility index (Phi) is 5.48. The number of nitrogens with one attached hydrogen (secondary N) is 2. The molecule has 1 amide bonds. The van der Waals surface area contributed by atoms with Gasteiger partial charge in [0.1, 0.15) is 5.82 Å². The minimum atomic E-state index is -3.03. The van der Waals surface area contributed by atoms with Crippen molar-refractivity contribution in [3.63, 3.8) is 0 Å². The van der Waals surface area contributed by atoms with Gasteiger partial charge in [-0.2, -0.15) is 8.78 Å². The van der Waals surface area contributed by atoms with Gasteiger partial charge in [0.05, 0.1) is 10.9 Å². The highest BCUT2D eigenvalue weighted by molar-refractivity contribution is 7.17. The van der Waals surface area contributed by atoms with Crippen molar-refractivity contribution in [1.82, 2.24) is 20.3 Å². The van der Waals surface area contributed by atoms with E-state index in [0.29, 0.717) is 16.7 Å². The topological polar surface area (TPSA) is 70.7 Å². The molecule has 1 aromatic carbocycles. The molecule has 2 aromatic heterocycles. The molecule has 168 valence electrons. The van der Waals surface area contributed by atoms with E-state index in [1.807, 2.05) is 24.3 Å². The molecule has 32 heavy (non-hydrogen) atoms. The first-order valence-corrected chi connectivity index (χ1v) is 11.9. The lowest BCUT2D eigenvalue weighted by Gasteiger charge is -2.40. The minimum absolute atomic E-state index is 0.0232. The molecular weight excluding hydrogens is 429 g/mol. The van der Waals surface area contributed by atoms with Crippen molar-refractivity contribution in [2.24, 2.45) is 0 Å². The number of pyridine rings is 1. The second kappa shape index (κ2) is 8.18. The van der Waals surface area contributed by atoms with E-state index in [1.165, 1.54) is 31.5 Å². The summed E-state index contributed by atoms with van der Waals surface area (Å²) in [5, 5.41) is 3.16. The molecule has 2 aliphatic carbocycles. The quantitative estimate of drug-likeness (QED) is 0.504. The van der Waals surface area contributed by atoms with Crippen molar-refractivity contribution in [2.45, 2.75) is 68.5 Å². The van der Waals surface area contributed by atoms with Crippen LogP contribution in [0.25, 0.3) is 11.2 Å². The zero-order chi connectivity index (χ0) is 22.3. The number of halogens is 2. The molecule has 2 heterocycles. The molecule has 2 N–H and O–H groups in total. The van der Waals surface area contributed by atoms with Gasteiger partial charge in [0, 0.05) is 23.4 Å². The minimum Gasteiger partial charge on any atom is -0.349 e. The van der Waals surface area contributed by atoms with Crippen molar-refractivity contribution in [2.75, 3.05) is 0 Å². The van der Waals surface area contributed by atoms with E-state index < -0.39 is 5.66 Å². The molecule has 0 bridgehead atoms. The fourth-order valence-electron chi connectivity index (χ4n) is 4.96. The highest BCUT2D eigenvalue weighted by Gasteiger charge is 2.43. The molecule has 2 fully saturated rings. The average molecular weight is 456 g/mol. The summed E-state index contributed by atoms with van der Waals surface area (Å²) in [5.74, 6) is 0.722. The molecule has 2 saturated carbocycles. The van der Waals surface area contributed by atoms with Gasteiger partial charge in [0.25, 0.3) is 11.6 Å². The van der Waals surface area contributed by atoms with Gasteiger partial charge in [-0.1, -0.05) is 47.1 Å². The van der Waals surface area contributed by atoms with Gasteiger partial charge in [0.15, 0.2) is 5.65 Å². The summed E-state index contributed by atoms with van der Waals surface area (Å²) >= 11 is 0. The fourth-order valence-corrected chi connectivity index (χ4v) is 5.12. The van der Waals surface area contributed by atoms with E-state index >= 15 is 0 Å². The van der Waals surface area contributed by atoms with Crippen molar-refractivity contribution >= 4 is 26.3 Å². The second-order valence-electron chi connectivity index (χ2n) is 9.12. The summed E-state index contributed by atoms with van der Waals surface area (Å²) in [4.78, 5) is 24.7. The van der Waals surface area contributed by atoms with Gasteiger partial charge in [-0.15, -0.1) is 0 Å². The van der Waals surface area contributed by atoms with Crippen LogP contribution in [0.3, 0.4) is 0 Å². The standard InChI is InChI=1S/C24H27F2N4OP/c25-24(26,32)17-13-19-20(27-14-17)30-22(29-19)23(11-4-12-23)16-9-7-15(8-10-16)21(31)28-18-5-2-1-3-6-18/h7-10,13-14,18H,1-6,11-12,32H2,(H,28,31)(H,27,29,30). The van der Waals surface area contributed by atoms with Gasteiger partial charge in [-0.05, 0) is 49.4 Å². The number of aromatic amines is 1. The first kappa shape index (κ1) is 21.4. The third-order valence-corrected chi connectivity index (χ3v) is 7.36. The maximum absolute atomic E-state index is 13.7. The van der Waals surface area contributed by atoms with E-state index in [2.05, 4.69) is 20.3 Å². The molecule has 0 spiro atoms. The Hall–Kier alpha value is -2.40. The van der Waals surface area contributed by atoms with Crippen molar-refractivity contribution in [1.29, 1.82) is 0 Å². The van der Waals surface area contributed by atoms with Gasteiger partial charge >= 0.3 is 0 Å². The third kappa shape index (κ3) is 3.92. The van der Waals surface area contributed by atoms with Crippen LogP contribution in [0.4, 0.5) is 8.78 Å². The summed E-state index contributed by atoms with van der Waals surface area (Å²) in [5.41, 5.74) is -0.818. The predicted molar refractivity (Wildman–Crippen MR) is 123 cm³/mol. The summed E-state index contributed by atoms with van der Waals surface area (Å²) in [7, 11) is 1.54. The molecule has 1 atom stereocenters. The van der Waals surface area contributed by atoms with Crippen molar-refractivity contribution in [3.8, 4) is 0 Å². The van der Waals surface area contributed by atoms with Gasteiger partial charge < -0.3 is 10.3 Å². The zero-order valence-electron chi connectivity index (χ0n) is 17.8. The van der Waals surface area contributed by atoms with Crippen LogP contribution >= 0.6 is 9.24 Å². The molecule has 5 nitrogen and oxygen atoms in total. The fraction of sp³-hybridized carbons (Fsp3) is 0.458. The highest BCUT2D eigenvalue weighted by Crippen LogP contribution is 2.48. The summed E-state index contributed by atoms with van der Waals surface area (Å²) in [6, 6.07) is 9.44. The van der Waals surface area contributed by atoms with Crippen LogP contribution in [0.15, 0.2) is 36.5 Å². The van der Waals surface area contributed by atoms with Crippen molar-refractivity contribution < 1.29 is 13.6 Å². The Bertz CT molecular complexity index is 1130. The first-order chi connectivity index (χ1) is 15.3. The Labute approximate surface area is 188 Å². The molecule has 5 rings (SSSR count). The SMILES string of the molecule is O=C(NC1CCCCC1)c1ccc(C2(c3nc4ncc(C(F)(F)P)cc4[nH]3)CCC2)cc1. The Morgan fingerprint density at radius 2 is 1.84 bits per heavy atom. The Morgan fingerprint density at radius 1 is 1.12 bits per heavy atom. The molecule has 0 aliphatic heterocycles. The number of amides is 1. The van der Waals surface area contributed by atoms with Crippen LogP contribution in [-0.4, -0.2) is 26.9 Å². The summed E-state index contributed by atoms with van der Waals surface area (Å²) in [6.45, 7) is 0. The third-order valence-electron chi connectivity index (χ3n) is 7.02. The number of fused-ring (bicyclic) bond motifs is 1. The van der Waals surface area contributed by atoms with E-state index in [4.69, 9.17) is 0 Å². The number of H-pyrrole nitrogens is 1. The Balaban J connectivity index is 1.39. The second-order valence-corrected chi connectivity index (χ2v) is 9.85. The number of benzene rings is 1. The van der Waals surface area contributed by atoms with Crippen LogP contribution in [0.1, 0.15) is 78.7 Å². The van der Waals surface area contributed by atoms with Crippen LogP contribution < -0.4 is 5.32 Å². The Morgan fingerprint density at radius 3 is 2.47 bits per heavy atom. The zero-order valence-corrected chi connectivity index (χ0v) is 19.0. The van der Waals surface area contributed by atoms with Gasteiger partial charge in [-0.3, -0.25) is 4.79 Å². The molecule has 8 heteroatoms. The lowest BCUT2D eigenvalue weighted by Crippen LogP contribution is -2.37. The largest absolute Gasteiger partial charge is 0.349 e. The number of imidazole rings is 1. The molecule has 3 aromatic rings. The average Bonchev–Trinajstić information content (AvgIpc) is 3.17. The number of alkyl halides is 2. The number of carbonyl (C=O) groups is 1. The van der Waals surface area contributed by atoms with Crippen LogP contribution in [0.2, 0.25) is 0 Å². The predicted octanol–water partition coefficient (Wildman–Crippen LogP) is 5.41. The normalized spacial score (nSPS) is 19.0. The monoisotopic (exact) mass is 456 g/mol. The summed E-state index contributed by atoms with van der Waals surface area (Å²) in [6.07, 6.45) is 9.76. The maximum Gasteiger partial charge on any atom is 0.285 e. The first-order valence-electron chi connectivity index (χ1n) is 11.3. The molecule has 0 saturated heterocycles. The number of hydrogen-bond donors (Lipinski definition) is 2. The molecule has 0 radical (unpaired) electrons. The highest BCUT2D eigenvalue weighted by atomic mass is 31.0.